The standard InChI is InChI=1S/C12H25N5O2S/c1-5-17(6-2)8-7-14-20(18,19)12-11(9-13-4)10(3)15-16-12/h13-14H,5-9H2,1-4H3,(H,15,16). The highest BCUT2D eigenvalue weighted by Crippen LogP contribution is 2.15. The van der Waals surface area contributed by atoms with Crippen LogP contribution in [0.15, 0.2) is 5.03 Å². The van der Waals surface area contributed by atoms with Crippen molar-refractivity contribution >= 4 is 10.0 Å². The van der Waals surface area contributed by atoms with E-state index in [-0.39, 0.29) is 5.03 Å². The summed E-state index contributed by atoms with van der Waals surface area (Å²) in [6.07, 6.45) is 0. The summed E-state index contributed by atoms with van der Waals surface area (Å²) in [5.74, 6) is 0. The van der Waals surface area contributed by atoms with Crippen molar-refractivity contribution in [1.29, 1.82) is 0 Å². The van der Waals surface area contributed by atoms with Gasteiger partial charge in [-0.1, -0.05) is 13.8 Å². The summed E-state index contributed by atoms with van der Waals surface area (Å²) >= 11 is 0. The van der Waals surface area contributed by atoms with E-state index >= 15 is 0 Å². The molecule has 0 fully saturated rings. The van der Waals surface area contributed by atoms with Gasteiger partial charge >= 0.3 is 0 Å². The van der Waals surface area contributed by atoms with Gasteiger partial charge in [0.25, 0.3) is 10.0 Å². The Bertz CT molecular complexity index is 508. The number of hydrogen-bond acceptors (Lipinski definition) is 5. The summed E-state index contributed by atoms with van der Waals surface area (Å²) < 4.78 is 27.1. The summed E-state index contributed by atoms with van der Waals surface area (Å²) in [4.78, 5) is 2.16. The van der Waals surface area contributed by atoms with Gasteiger partial charge in [-0.15, -0.1) is 0 Å². The molecular weight excluding hydrogens is 278 g/mol. The number of H-pyrrole nitrogens is 1. The average Bonchev–Trinajstić information content (AvgIpc) is 2.78. The minimum atomic E-state index is -3.56. The van der Waals surface area contributed by atoms with E-state index in [4.69, 9.17) is 0 Å². The molecule has 3 N–H and O–H groups in total. The fourth-order valence-corrected chi connectivity index (χ4v) is 3.20. The quantitative estimate of drug-likeness (QED) is 0.600. The van der Waals surface area contributed by atoms with Crippen molar-refractivity contribution in [2.45, 2.75) is 32.3 Å². The van der Waals surface area contributed by atoms with Crippen molar-refractivity contribution in [2.24, 2.45) is 0 Å². The molecule has 1 aromatic rings. The predicted molar refractivity (Wildman–Crippen MR) is 79.1 cm³/mol. The number of rotatable bonds is 9. The number of nitrogens with one attached hydrogen (secondary N) is 3. The molecule has 0 saturated carbocycles. The normalized spacial score (nSPS) is 12.2. The maximum atomic E-state index is 12.3. The van der Waals surface area contributed by atoms with Crippen LogP contribution >= 0.6 is 0 Å². The second-order valence-electron chi connectivity index (χ2n) is 4.59. The van der Waals surface area contributed by atoms with Gasteiger partial charge in [-0.3, -0.25) is 5.10 Å². The van der Waals surface area contributed by atoms with E-state index < -0.39 is 10.0 Å². The van der Waals surface area contributed by atoms with Crippen LogP contribution < -0.4 is 10.0 Å². The van der Waals surface area contributed by atoms with Crippen molar-refractivity contribution < 1.29 is 8.42 Å². The minimum absolute atomic E-state index is 0.0869. The fraction of sp³-hybridized carbons (Fsp3) is 0.750. The van der Waals surface area contributed by atoms with Gasteiger partial charge < -0.3 is 10.2 Å². The number of nitrogens with zero attached hydrogens (tertiary/aromatic N) is 2. The molecule has 1 rings (SSSR count). The number of aromatic nitrogens is 2. The van der Waals surface area contributed by atoms with E-state index in [0.717, 1.165) is 18.8 Å². The average molecular weight is 303 g/mol. The van der Waals surface area contributed by atoms with E-state index in [1.54, 1.807) is 7.05 Å². The van der Waals surface area contributed by atoms with Crippen molar-refractivity contribution in [3.05, 3.63) is 11.3 Å². The molecule has 0 saturated heterocycles. The summed E-state index contributed by atoms with van der Waals surface area (Å²) in [5.41, 5.74) is 1.45. The summed E-state index contributed by atoms with van der Waals surface area (Å²) in [6.45, 7) is 9.28. The van der Waals surface area contributed by atoms with E-state index in [9.17, 15) is 8.42 Å². The van der Waals surface area contributed by atoms with Gasteiger partial charge in [-0.25, -0.2) is 13.1 Å². The third kappa shape index (κ3) is 4.27. The monoisotopic (exact) mass is 303 g/mol. The lowest BCUT2D eigenvalue weighted by atomic mass is 10.3. The second kappa shape index (κ2) is 7.72. The molecular formula is C12H25N5O2S. The first-order valence-electron chi connectivity index (χ1n) is 6.86. The Morgan fingerprint density at radius 1 is 1.30 bits per heavy atom. The molecule has 0 aliphatic rings. The molecule has 0 unspecified atom stereocenters. The highest BCUT2D eigenvalue weighted by Gasteiger charge is 2.23. The lowest BCUT2D eigenvalue weighted by Gasteiger charge is -2.17. The zero-order valence-corrected chi connectivity index (χ0v) is 13.5. The Kier molecular flexibility index (Phi) is 6.60. The van der Waals surface area contributed by atoms with Crippen LogP contribution in [-0.2, 0) is 16.6 Å². The smallest absolute Gasteiger partial charge is 0.260 e. The summed E-state index contributed by atoms with van der Waals surface area (Å²) in [6, 6.07) is 0. The van der Waals surface area contributed by atoms with Crippen molar-refractivity contribution in [3.8, 4) is 0 Å². The minimum Gasteiger partial charge on any atom is -0.316 e. The SMILES string of the molecule is CCN(CC)CCNS(=O)(=O)c1n[nH]c(C)c1CNC. The fourth-order valence-electron chi connectivity index (χ4n) is 1.98. The predicted octanol–water partition coefficient (Wildman–Crippen LogP) is 0.0576. The van der Waals surface area contributed by atoms with Gasteiger partial charge in [0.15, 0.2) is 5.03 Å². The Morgan fingerprint density at radius 2 is 1.95 bits per heavy atom. The van der Waals surface area contributed by atoms with E-state index in [0.29, 0.717) is 25.2 Å². The van der Waals surface area contributed by atoms with Crippen LogP contribution in [0.2, 0.25) is 0 Å². The molecule has 0 amide bonds. The van der Waals surface area contributed by atoms with Gasteiger partial charge in [0.2, 0.25) is 0 Å². The van der Waals surface area contributed by atoms with Crippen LogP contribution in [-0.4, -0.2) is 56.7 Å². The van der Waals surface area contributed by atoms with Crippen LogP contribution in [0.1, 0.15) is 25.1 Å². The largest absolute Gasteiger partial charge is 0.316 e. The first-order valence-corrected chi connectivity index (χ1v) is 8.35. The van der Waals surface area contributed by atoms with Crippen LogP contribution in [0.25, 0.3) is 0 Å². The molecule has 0 aliphatic carbocycles. The lowest BCUT2D eigenvalue weighted by molar-refractivity contribution is 0.309. The molecule has 0 spiro atoms. The highest BCUT2D eigenvalue weighted by atomic mass is 32.2. The number of aromatic amines is 1. The van der Waals surface area contributed by atoms with Crippen LogP contribution in [0.4, 0.5) is 0 Å². The molecule has 0 atom stereocenters. The summed E-state index contributed by atoms with van der Waals surface area (Å²) in [5, 5.41) is 9.69. The van der Waals surface area contributed by atoms with Crippen molar-refractivity contribution in [3.63, 3.8) is 0 Å². The third-order valence-corrected chi connectivity index (χ3v) is 4.69. The molecule has 0 aromatic carbocycles. The Morgan fingerprint density at radius 3 is 2.50 bits per heavy atom. The topological polar surface area (TPSA) is 90.1 Å². The zero-order chi connectivity index (χ0) is 15.2. The van der Waals surface area contributed by atoms with Crippen LogP contribution in [0, 0.1) is 6.92 Å². The maximum absolute atomic E-state index is 12.3. The van der Waals surface area contributed by atoms with Gasteiger partial charge in [0, 0.05) is 30.9 Å². The highest BCUT2D eigenvalue weighted by molar-refractivity contribution is 7.89. The van der Waals surface area contributed by atoms with E-state index in [2.05, 4.69) is 39.0 Å². The number of likely N-dealkylation sites (N-methyl/N-ethyl adjacent to an activating group) is 1. The van der Waals surface area contributed by atoms with Crippen LogP contribution in [0.3, 0.4) is 0 Å². The Balaban J connectivity index is 2.74. The van der Waals surface area contributed by atoms with Gasteiger partial charge in [-0.2, -0.15) is 5.10 Å². The molecule has 0 radical (unpaired) electrons. The molecule has 7 nitrogen and oxygen atoms in total. The number of aryl methyl sites for hydroxylation is 1. The van der Waals surface area contributed by atoms with Gasteiger partial charge in [-0.05, 0) is 27.1 Å². The maximum Gasteiger partial charge on any atom is 0.260 e. The molecule has 0 bridgehead atoms. The number of sulfonamides is 1. The van der Waals surface area contributed by atoms with Crippen molar-refractivity contribution in [1.82, 2.24) is 25.1 Å². The Labute approximate surface area is 121 Å². The lowest BCUT2D eigenvalue weighted by Crippen LogP contribution is -2.35. The second-order valence-corrected chi connectivity index (χ2v) is 6.27. The first-order chi connectivity index (χ1) is 9.46. The molecule has 20 heavy (non-hydrogen) atoms. The van der Waals surface area contributed by atoms with Gasteiger partial charge in [0.05, 0.1) is 0 Å². The molecule has 1 aromatic heterocycles. The molecule has 1 heterocycles. The van der Waals surface area contributed by atoms with E-state index in [1.165, 1.54) is 0 Å². The molecule has 0 aliphatic heterocycles. The summed E-state index contributed by atoms with van der Waals surface area (Å²) in [7, 11) is -1.79. The zero-order valence-electron chi connectivity index (χ0n) is 12.7. The first kappa shape index (κ1) is 17.1. The Hall–Kier alpha value is -0.960. The van der Waals surface area contributed by atoms with Crippen molar-refractivity contribution in [2.75, 3.05) is 33.2 Å². The number of hydrogen-bond donors (Lipinski definition) is 3. The van der Waals surface area contributed by atoms with E-state index in [1.807, 2.05) is 6.92 Å². The van der Waals surface area contributed by atoms with Crippen LogP contribution in [0.5, 0.6) is 0 Å². The molecule has 8 heteroatoms. The van der Waals surface area contributed by atoms with Gasteiger partial charge in [0.1, 0.15) is 0 Å². The molecule has 116 valence electrons. The third-order valence-electron chi connectivity index (χ3n) is 3.26.